The van der Waals surface area contributed by atoms with Crippen LogP contribution in [0.25, 0.3) is 10.9 Å². The number of nitriles is 1. The van der Waals surface area contributed by atoms with Crippen LogP contribution in [0.4, 0.5) is 5.69 Å². The zero-order chi connectivity index (χ0) is 14.1. The second-order valence-corrected chi connectivity index (χ2v) is 5.19. The molecule has 0 atom stereocenters. The number of oxime groups is 1. The maximum Gasteiger partial charge on any atom is 0.101 e. The molecular weight excluding hydrogens is 276 g/mol. The minimum atomic E-state index is 0.557. The molecule has 1 fully saturated rings. The van der Waals surface area contributed by atoms with E-state index in [0.717, 1.165) is 48.2 Å². The summed E-state index contributed by atoms with van der Waals surface area (Å²) >= 11 is 6.20. The standard InChI is InChI=1S/C14H13ClN4O/c15-11-1-2-12(14-13(11)9(7-16)8-17-14)19-5-3-10(18-20)4-6-19/h1-2,8,17,20H,3-6H2. The van der Waals surface area contributed by atoms with E-state index in [2.05, 4.69) is 21.1 Å². The Morgan fingerprint density at radius 1 is 1.35 bits per heavy atom. The average Bonchev–Trinajstić information content (AvgIpc) is 2.93. The molecule has 1 aliphatic heterocycles. The number of aromatic amines is 1. The maximum atomic E-state index is 9.13. The molecule has 3 rings (SSSR count). The van der Waals surface area contributed by atoms with Gasteiger partial charge in [-0.25, -0.2) is 0 Å². The Morgan fingerprint density at radius 3 is 2.75 bits per heavy atom. The topological polar surface area (TPSA) is 75.4 Å². The molecule has 1 aromatic heterocycles. The van der Waals surface area contributed by atoms with Crippen LogP contribution in [-0.4, -0.2) is 29.0 Å². The molecule has 0 radical (unpaired) electrons. The molecule has 0 unspecified atom stereocenters. The SMILES string of the molecule is N#Cc1c[nH]c2c(N3CCC(=NO)CC3)ccc(Cl)c12. The fourth-order valence-electron chi connectivity index (χ4n) is 2.65. The predicted molar refractivity (Wildman–Crippen MR) is 78.7 cm³/mol. The number of hydrogen-bond acceptors (Lipinski definition) is 4. The van der Waals surface area contributed by atoms with Crippen LogP contribution >= 0.6 is 11.6 Å². The normalized spacial score (nSPS) is 15.4. The highest BCUT2D eigenvalue weighted by Gasteiger charge is 2.20. The third-order valence-corrected chi connectivity index (χ3v) is 4.02. The monoisotopic (exact) mass is 288 g/mol. The molecule has 0 saturated carbocycles. The lowest BCUT2D eigenvalue weighted by atomic mass is 10.1. The lowest BCUT2D eigenvalue weighted by Crippen LogP contribution is -2.34. The van der Waals surface area contributed by atoms with Crippen LogP contribution in [0.2, 0.25) is 5.02 Å². The Labute approximate surface area is 121 Å². The summed E-state index contributed by atoms with van der Waals surface area (Å²) in [6, 6.07) is 5.94. The Balaban J connectivity index is 2.03. The smallest absolute Gasteiger partial charge is 0.101 e. The zero-order valence-corrected chi connectivity index (χ0v) is 11.5. The van der Waals surface area contributed by atoms with Gasteiger partial charge in [-0.3, -0.25) is 0 Å². The molecule has 2 aromatic rings. The van der Waals surface area contributed by atoms with Gasteiger partial charge in [-0.15, -0.1) is 0 Å². The first-order chi connectivity index (χ1) is 9.74. The van der Waals surface area contributed by atoms with Crippen molar-refractivity contribution in [1.29, 1.82) is 5.26 Å². The van der Waals surface area contributed by atoms with Crippen molar-refractivity contribution < 1.29 is 5.21 Å². The number of nitrogens with zero attached hydrogens (tertiary/aromatic N) is 3. The summed E-state index contributed by atoms with van der Waals surface area (Å²) in [7, 11) is 0. The van der Waals surface area contributed by atoms with Crippen LogP contribution in [-0.2, 0) is 0 Å². The molecule has 0 aliphatic carbocycles. The van der Waals surface area contributed by atoms with Crippen LogP contribution in [0.3, 0.4) is 0 Å². The lowest BCUT2D eigenvalue weighted by Gasteiger charge is -2.29. The predicted octanol–water partition coefficient (Wildman–Crippen LogP) is 3.12. The molecular formula is C14H13ClN4O. The number of piperidine rings is 1. The third-order valence-electron chi connectivity index (χ3n) is 3.71. The summed E-state index contributed by atoms with van der Waals surface area (Å²) in [6.07, 6.45) is 3.17. The fraction of sp³-hybridized carbons (Fsp3) is 0.286. The molecule has 5 nitrogen and oxygen atoms in total. The number of halogens is 1. The minimum absolute atomic E-state index is 0.557. The highest BCUT2D eigenvalue weighted by molar-refractivity contribution is 6.36. The second kappa shape index (κ2) is 5.06. The lowest BCUT2D eigenvalue weighted by molar-refractivity contribution is 0.315. The number of benzene rings is 1. The largest absolute Gasteiger partial charge is 0.411 e. The van der Waals surface area contributed by atoms with Crippen molar-refractivity contribution in [3.05, 3.63) is 28.9 Å². The third kappa shape index (κ3) is 1.98. The van der Waals surface area contributed by atoms with Crippen molar-refractivity contribution in [3.63, 3.8) is 0 Å². The van der Waals surface area contributed by atoms with Gasteiger partial charge < -0.3 is 15.1 Å². The molecule has 20 heavy (non-hydrogen) atoms. The van der Waals surface area contributed by atoms with Crippen LogP contribution in [0.1, 0.15) is 18.4 Å². The summed E-state index contributed by atoms with van der Waals surface area (Å²) in [4.78, 5) is 5.36. The van der Waals surface area contributed by atoms with E-state index in [4.69, 9.17) is 22.1 Å². The Morgan fingerprint density at radius 2 is 2.10 bits per heavy atom. The van der Waals surface area contributed by atoms with Crippen molar-refractivity contribution in [1.82, 2.24) is 4.98 Å². The number of aromatic nitrogens is 1. The number of H-pyrrole nitrogens is 1. The van der Waals surface area contributed by atoms with E-state index in [0.29, 0.717) is 10.6 Å². The molecule has 102 valence electrons. The first-order valence-corrected chi connectivity index (χ1v) is 6.77. The Bertz CT molecular complexity index is 719. The Kier molecular flexibility index (Phi) is 3.25. The first-order valence-electron chi connectivity index (χ1n) is 6.39. The molecule has 0 spiro atoms. The van der Waals surface area contributed by atoms with Crippen molar-refractivity contribution in [2.24, 2.45) is 5.16 Å². The molecule has 0 amide bonds. The van der Waals surface area contributed by atoms with E-state index in [1.54, 1.807) is 6.20 Å². The van der Waals surface area contributed by atoms with Gasteiger partial charge in [0.05, 0.1) is 27.5 Å². The quantitative estimate of drug-likeness (QED) is 0.625. The van der Waals surface area contributed by atoms with E-state index < -0.39 is 0 Å². The van der Waals surface area contributed by atoms with Crippen molar-refractivity contribution in [3.8, 4) is 6.07 Å². The van der Waals surface area contributed by atoms with Gasteiger partial charge in [0, 0.05) is 37.5 Å². The molecule has 0 bridgehead atoms. The highest BCUT2D eigenvalue weighted by Crippen LogP contribution is 2.34. The molecule has 1 aromatic carbocycles. The zero-order valence-electron chi connectivity index (χ0n) is 10.7. The van der Waals surface area contributed by atoms with Crippen LogP contribution in [0.15, 0.2) is 23.5 Å². The molecule has 6 heteroatoms. The van der Waals surface area contributed by atoms with Gasteiger partial charge in [0.2, 0.25) is 0 Å². The number of hydrogen-bond donors (Lipinski definition) is 2. The fourth-order valence-corrected chi connectivity index (χ4v) is 2.91. The van der Waals surface area contributed by atoms with E-state index in [-0.39, 0.29) is 0 Å². The minimum Gasteiger partial charge on any atom is -0.411 e. The highest BCUT2D eigenvalue weighted by atomic mass is 35.5. The van der Waals surface area contributed by atoms with Gasteiger partial charge in [0.25, 0.3) is 0 Å². The number of anilines is 1. The van der Waals surface area contributed by atoms with Gasteiger partial charge >= 0.3 is 0 Å². The summed E-state index contributed by atoms with van der Waals surface area (Å²) in [5.41, 5.74) is 3.30. The van der Waals surface area contributed by atoms with Gasteiger partial charge in [-0.05, 0) is 12.1 Å². The van der Waals surface area contributed by atoms with E-state index in [1.807, 2.05) is 12.1 Å². The van der Waals surface area contributed by atoms with E-state index in [9.17, 15) is 0 Å². The van der Waals surface area contributed by atoms with Crippen molar-refractivity contribution in [2.75, 3.05) is 18.0 Å². The Hall–Kier alpha value is -2.19. The van der Waals surface area contributed by atoms with Gasteiger partial charge in [-0.2, -0.15) is 5.26 Å². The summed E-state index contributed by atoms with van der Waals surface area (Å²) in [6.45, 7) is 1.58. The van der Waals surface area contributed by atoms with Crippen LogP contribution in [0, 0.1) is 11.3 Å². The summed E-state index contributed by atoms with van der Waals surface area (Å²) in [5, 5.41) is 22.6. The van der Waals surface area contributed by atoms with E-state index in [1.165, 1.54) is 0 Å². The number of fused-ring (bicyclic) bond motifs is 1. The molecule has 2 heterocycles. The van der Waals surface area contributed by atoms with Gasteiger partial charge in [0.15, 0.2) is 0 Å². The summed E-state index contributed by atoms with van der Waals surface area (Å²) in [5.74, 6) is 0. The average molecular weight is 289 g/mol. The van der Waals surface area contributed by atoms with E-state index >= 15 is 0 Å². The number of nitrogens with one attached hydrogen (secondary N) is 1. The van der Waals surface area contributed by atoms with Gasteiger partial charge in [0.1, 0.15) is 6.07 Å². The molecule has 1 saturated heterocycles. The summed E-state index contributed by atoms with van der Waals surface area (Å²) < 4.78 is 0. The van der Waals surface area contributed by atoms with Crippen molar-refractivity contribution in [2.45, 2.75) is 12.8 Å². The molecule has 2 N–H and O–H groups in total. The van der Waals surface area contributed by atoms with Crippen LogP contribution in [0.5, 0.6) is 0 Å². The maximum absolute atomic E-state index is 9.13. The van der Waals surface area contributed by atoms with Crippen molar-refractivity contribution >= 4 is 33.9 Å². The second-order valence-electron chi connectivity index (χ2n) is 4.78. The molecule has 1 aliphatic rings. The number of rotatable bonds is 1. The first kappa shape index (κ1) is 12.8. The van der Waals surface area contributed by atoms with Gasteiger partial charge in [-0.1, -0.05) is 16.8 Å². The van der Waals surface area contributed by atoms with Crippen LogP contribution < -0.4 is 4.90 Å².